The van der Waals surface area contributed by atoms with E-state index in [2.05, 4.69) is 63.5 Å². The number of ether oxygens (including phenoxy) is 3. The zero-order valence-electron chi connectivity index (χ0n) is 24.1. The molecule has 4 fully saturated rings. The van der Waals surface area contributed by atoms with Crippen LogP contribution in [0, 0.1) is 40.4 Å². The predicted molar refractivity (Wildman–Crippen MR) is 154 cm³/mol. The first-order chi connectivity index (χ1) is 18.7. The summed E-state index contributed by atoms with van der Waals surface area (Å²) >= 11 is 0. The topological polar surface area (TPSA) is 47.9 Å². The Morgan fingerprint density at radius 1 is 1.05 bits per heavy atom. The lowest BCUT2D eigenvalue weighted by Gasteiger charge is -2.55. The molecule has 0 amide bonds. The number of rotatable bonds is 4. The van der Waals surface area contributed by atoms with Crippen molar-refractivity contribution in [1.82, 2.24) is 0 Å². The molecule has 6 unspecified atom stereocenters. The van der Waals surface area contributed by atoms with E-state index in [1.165, 1.54) is 18.4 Å². The van der Waals surface area contributed by atoms with E-state index < -0.39 is 5.79 Å². The number of aliphatic hydroxyl groups is 1. The zero-order chi connectivity index (χ0) is 27.3. The summed E-state index contributed by atoms with van der Waals surface area (Å²) in [5, 5.41) is 11.2. The molecule has 5 aliphatic rings. The third-order valence-electron chi connectivity index (χ3n) is 10.7. The van der Waals surface area contributed by atoms with E-state index in [1.807, 2.05) is 0 Å². The summed E-state index contributed by atoms with van der Waals surface area (Å²) in [6, 6.07) is 8.91. The number of allylic oxidation sites excluding steroid dienone is 2. The van der Waals surface area contributed by atoms with Gasteiger partial charge in [-0.1, -0.05) is 62.0 Å². The Hall–Kier alpha value is -1.90. The fraction of sp³-hybridized carbons (Fsp3) is 0.657. The average Bonchev–Trinajstić information content (AvgIpc) is 3.24. The van der Waals surface area contributed by atoms with Crippen LogP contribution in [0.25, 0.3) is 0 Å². The third kappa shape index (κ3) is 5.06. The van der Waals surface area contributed by atoms with Gasteiger partial charge in [-0.25, -0.2) is 0 Å². The van der Waals surface area contributed by atoms with Crippen LogP contribution in [0.5, 0.6) is 0 Å². The van der Waals surface area contributed by atoms with E-state index in [0.29, 0.717) is 36.9 Å². The summed E-state index contributed by atoms with van der Waals surface area (Å²) in [6.07, 6.45) is 10.2. The van der Waals surface area contributed by atoms with E-state index in [0.717, 1.165) is 57.3 Å². The molecule has 1 N–H and O–H groups in total. The lowest BCUT2D eigenvalue weighted by atomic mass is 9.52. The quantitative estimate of drug-likeness (QED) is 0.265. The number of benzene rings is 1. The van der Waals surface area contributed by atoms with Crippen molar-refractivity contribution in [3.8, 4) is 11.8 Å². The van der Waals surface area contributed by atoms with Crippen LogP contribution in [0.15, 0.2) is 48.1 Å². The predicted octanol–water partition coefficient (Wildman–Crippen LogP) is 6.78. The maximum absolute atomic E-state index is 11.2. The standard InChI is InChI=1S/C35H46O4/c1-5-18-37-19-6-7-24-8-10-25(11-9-24)29-21-34(4)30(14-15-31(34)36)28-13-12-26-20-35(17-16-27(26)32(28)29)38-22-33(2,3)23-39-35/h5,8-11,26,28-31,36H,1,12-23H2,2-4H3. The summed E-state index contributed by atoms with van der Waals surface area (Å²) in [4.78, 5) is 0. The molecule has 1 heterocycles. The van der Waals surface area contributed by atoms with Gasteiger partial charge in [0, 0.05) is 29.7 Å². The second kappa shape index (κ2) is 10.5. The minimum absolute atomic E-state index is 0.00966. The molecular weight excluding hydrogens is 484 g/mol. The lowest BCUT2D eigenvalue weighted by Crippen LogP contribution is -2.52. The Bertz CT molecular complexity index is 1160. The minimum Gasteiger partial charge on any atom is -0.393 e. The normalized spacial score (nSPS) is 36.4. The Labute approximate surface area is 235 Å². The average molecular weight is 531 g/mol. The van der Waals surface area contributed by atoms with Crippen LogP contribution in [-0.2, 0) is 14.2 Å². The van der Waals surface area contributed by atoms with E-state index >= 15 is 0 Å². The van der Waals surface area contributed by atoms with Crippen LogP contribution in [0.1, 0.15) is 89.2 Å². The van der Waals surface area contributed by atoms with Crippen LogP contribution >= 0.6 is 0 Å². The number of aliphatic hydroxyl groups excluding tert-OH is 1. The van der Waals surface area contributed by atoms with Crippen LogP contribution in [0.2, 0.25) is 0 Å². The number of hydrogen-bond donors (Lipinski definition) is 1. The van der Waals surface area contributed by atoms with Gasteiger partial charge in [-0.2, -0.15) is 0 Å². The van der Waals surface area contributed by atoms with Gasteiger partial charge in [-0.15, -0.1) is 6.58 Å². The van der Waals surface area contributed by atoms with Crippen molar-refractivity contribution in [1.29, 1.82) is 0 Å². The minimum atomic E-state index is -0.394. The fourth-order valence-corrected chi connectivity index (χ4v) is 8.63. The molecule has 4 nitrogen and oxygen atoms in total. The van der Waals surface area contributed by atoms with Gasteiger partial charge >= 0.3 is 0 Å². The second-order valence-electron chi connectivity index (χ2n) is 13.9. The molecule has 3 saturated carbocycles. The molecular formula is C35H46O4. The summed E-state index contributed by atoms with van der Waals surface area (Å²) < 4.78 is 18.4. The molecule has 39 heavy (non-hydrogen) atoms. The van der Waals surface area contributed by atoms with E-state index in [1.54, 1.807) is 17.2 Å². The molecule has 1 spiro atoms. The van der Waals surface area contributed by atoms with Crippen LogP contribution in [-0.4, -0.2) is 43.4 Å². The zero-order valence-corrected chi connectivity index (χ0v) is 24.1. The number of fused-ring (bicyclic) bond motifs is 4. The van der Waals surface area contributed by atoms with Gasteiger partial charge in [0.05, 0.1) is 25.9 Å². The van der Waals surface area contributed by atoms with Gasteiger partial charge in [-0.3, -0.25) is 0 Å². The summed E-state index contributed by atoms with van der Waals surface area (Å²) in [5.74, 6) is 8.03. The van der Waals surface area contributed by atoms with Crippen molar-refractivity contribution >= 4 is 0 Å². The second-order valence-corrected chi connectivity index (χ2v) is 13.9. The first-order valence-corrected chi connectivity index (χ1v) is 15.2. The highest BCUT2D eigenvalue weighted by Gasteiger charge is 2.57. The number of hydrogen-bond acceptors (Lipinski definition) is 4. The molecule has 4 heteroatoms. The molecule has 0 aromatic heterocycles. The molecule has 6 rings (SSSR count). The molecule has 1 aliphatic heterocycles. The third-order valence-corrected chi connectivity index (χ3v) is 10.7. The van der Waals surface area contributed by atoms with E-state index in [4.69, 9.17) is 14.2 Å². The molecule has 0 bridgehead atoms. The van der Waals surface area contributed by atoms with Gasteiger partial charge in [-0.05, 0) is 79.4 Å². The smallest absolute Gasteiger partial charge is 0.169 e. The van der Waals surface area contributed by atoms with Crippen molar-refractivity contribution in [3.63, 3.8) is 0 Å². The summed E-state index contributed by atoms with van der Waals surface area (Å²) in [6.45, 7) is 13.0. The first-order valence-electron chi connectivity index (χ1n) is 15.2. The highest BCUT2D eigenvalue weighted by atomic mass is 16.7. The monoisotopic (exact) mass is 530 g/mol. The van der Waals surface area contributed by atoms with Gasteiger partial charge in [0.15, 0.2) is 5.79 Å². The van der Waals surface area contributed by atoms with Crippen LogP contribution in [0.4, 0.5) is 0 Å². The summed E-state index contributed by atoms with van der Waals surface area (Å²) in [5.41, 5.74) is 5.90. The molecule has 6 atom stereocenters. The Balaban J connectivity index is 1.30. The van der Waals surface area contributed by atoms with Crippen molar-refractivity contribution in [2.24, 2.45) is 28.6 Å². The highest BCUT2D eigenvalue weighted by molar-refractivity contribution is 5.44. The van der Waals surface area contributed by atoms with Gasteiger partial charge in [0.1, 0.15) is 6.61 Å². The van der Waals surface area contributed by atoms with Crippen molar-refractivity contribution in [3.05, 3.63) is 59.2 Å². The highest BCUT2D eigenvalue weighted by Crippen LogP contribution is 2.64. The fourth-order valence-electron chi connectivity index (χ4n) is 8.63. The van der Waals surface area contributed by atoms with Crippen molar-refractivity contribution in [2.75, 3.05) is 26.4 Å². The maximum Gasteiger partial charge on any atom is 0.169 e. The SMILES string of the molecule is C=CCOCC#Cc1ccc(C2CC3(C)C(O)CCC3C3CCC4CC5(CCC4=C23)OCC(C)(C)CO5)cc1. The largest absolute Gasteiger partial charge is 0.393 e. The van der Waals surface area contributed by atoms with Gasteiger partial charge < -0.3 is 19.3 Å². The van der Waals surface area contributed by atoms with Gasteiger partial charge in [0.2, 0.25) is 0 Å². The summed E-state index contributed by atoms with van der Waals surface area (Å²) in [7, 11) is 0. The van der Waals surface area contributed by atoms with Crippen LogP contribution in [0.3, 0.4) is 0 Å². The Kier molecular flexibility index (Phi) is 7.34. The first kappa shape index (κ1) is 27.3. The maximum atomic E-state index is 11.2. The van der Waals surface area contributed by atoms with Gasteiger partial charge in [0.25, 0.3) is 0 Å². The molecule has 0 radical (unpaired) electrons. The Morgan fingerprint density at radius 3 is 2.56 bits per heavy atom. The molecule has 4 aliphatic carbocycles. The van der Waals surface area contributed by atoms with Crippen molar-refractivity contribution < 1.29 is 19.3 Å². The Morgan fingerprint density at radius 2 is 1.82 bits per heavy atom. The van der Waals surface area contributed by atoms with E-state index in [9.17, 15) is 5.11 Å². The molecule has 1 aromatic carbocycles. The molecule has 1 saturated heterocycles. The van der Waals surface area contributed by atoms with Crippen LogP contribution < -0.4 is 0 Å². The molecule has 210 valence electrons. The van der Waals surface area contributed by atoms with Crippen molar-refractivity contribution in [2.45, 2.75) is 89.9 Å². The lowest BCUT2D eigenvalue weighted by molar-refractivity contribution is -0.312. The van der Waals surface area contributed by atoms with E-state index in [-0.39, 0.29) is 16.9 Å². The molecule has 1 aromatic rings.